The highest BCUT2D eigenvalue weighted by atomic mass is 35.5. The summed E-state index contributed by atoms with van der Waals surface area (Å²) in [5, 5.41) is -0.235. The molecule has 0 N–H and O–H groups in total. The van der Waals surface area contributed by atoms with Crippen molar-refractivity contribution in [2.75, 3.05) is 26.7 Å². The van der Waals surface area contributed by atoms with Gasteiger partial charge in [-0.1, -0.05) is 23.7 Å². The van der Waals surface area contributed by atoms with E-state index in [1.165, 1.54) is 10.4 Å². The zero-order chi connectivity index (χ0) is 23.5. The van der Waals surface area contributed by atoms with E-state index in [2.05, 4.69) is 0 Å². The lowest BCUT2D eigenvalue weighted by Crippen LogP contribution is -2.45. The molecule has 2 aromatic rings. The summed E-state index contributed by atoms with van der Waals surface area (Å²) < 4.78 is 45.9. The van der Waals surface area contributed by atoms with Crippen LogP contribution < -0.4 is 4.74 Å². The Morgan fingerprint density at radius 2 is 1.94 bits per heavy atom. The van der Waals surface area contributed by atoms with Crippen molar-refractivity contribution in [1.82, 2.24) is 9.21 Å². The van der Waals surface area contributed by atoms with Crippen LogP contribution in [0.5, 0.6) is 5.75 Å². The topological polar surface area (TPSA) is 66.9 Å². The molecule has 1 unspecified atom stereocenters. The van der Waals surface area contributed by atoms with Crippen molar-refractivity contribution >= 4 is 27.5 Å². The first kappa shape index (κ1) is 24.5. The number of carbonyl (C=O) groups is 1. The summed E-state index contributed by atoms with van der Waals surface area (Å²) in [7, 11) is -2.19. The largest absolute Gasteiger partial charge is 0.497 e. The van der Waals surface area contributed by atoms with E-state index in [1.807, 2.05) is 43.0 Å². The number of halogens is 2. The predicted octanol–water partition coefficient (Wildman–Crippen LogP) is 4.50. The van der Waals surface area contributed by atoms with Gasteiger partial charge in [0, 0.05) is 25.6 Å². The van der Waals surface area contributed by atoms with Gasteiger partial charge in [0.05, 0.1) is 23.1 Å². The molecular weight excluding hydrogens is 455 g/mol. The average Bonchev–Trinajstić information content (AvgIpc) is 2.81. The van der Waals surface area contributed by atoms with E-state index >= 15 is 0 Å². The number of sulfonamides is 1. The van der Waals surface area contributed by atoms with Crippen LogP contribution in [0.4, 0.5) is 4.39 Å². The van der Waals surface area contributed by atoms with Crippen LogP contribution in [0, 0.1) is 11.7 Å². The van der Waals surface area contributed by atoms with E-state index in [0.717, 1.165) is 23.4 Å². The number of benzene rings is 2. The zero-order valence-corrected chi connectivity index (χ0v) is 20.0. The molecule has 0 bridgehead atoms. The fraction of sp³-hybridized carbons (Fsp3) is 0.435. The van der Waals surface area contributed by atoms with Crippen LogP contribution in [0.2, 0.25) is 5.02 Å². The summed E-state index contributed by atoms with van der Waals surface area (Å²) in [5.74, 6) is -0.173. The van der Waals surface area contributed by atoms with Crippen molar-refractivity contribution in [3.05, 3.63) is 58.9 Å². The maximum atomic E-state index is 13.4. The number of hydrogen-bond donors (Lipinski definition) is 0. The van der Waals surface area contributed by atoms with Crippen molar-refractivity contribution in [2.45, 2.75) is 37.6 Å². The molecule has 1 saturated heterocycles. The van der Waals surface area contributed by atoms with Gasteiger partial charge >= 0.3 is 0 Å². The highest BCUT2D eigenvalue weighted by molar-refractivity contribution is 7.89. The Labute approximate surface area is 194 Å². The molecule has 3 rings (SSSR count). The minimum atomic E-state index is -3.80. The zero-order valence-electron chi connectivity index (χ0n) is 18.4. The lowest BCUT2D eigenvalue weighted by molar-refractivity contribution is -0.138. The molecule has 0 aliphatic carbocycles. The van der Waals surface area contributed by atoms with Crippen molar-refractivity contribution in [3.8, 4) is 5.75 Å². The summed E-state index contributed by atoms with van der Waals surface area (Å²) >= 11 is 5.76. The van der Waals surface area contributed by atoms with E-state index in [0.29, 0.717) is 19.4 Å². The lowest BCUT2D eigenvalue weighted by atomic mass is 9.95. The molecule has 0 saturated carbocycles. The molecule has 1 aliphatic rings. The smallest absolute Gasteiger partial charge is 0.243 e. The predicted molar refractivity (Wildman–Crippen MR) is 122 cm³/mol. The van der Waals surface area contributed by atoms with Crippen molar-refractivity contribution in [3.63, 3.8) is 0 Å². The molecule has 1 fully saturated rings. The maximum absolute atomic E-state index is 13.4. The van der Waals surface area contributed by atoms with Gasteiger partial charge in [0.1, 0.15) is 11.6 Å². The number of methoxy groups -OCH3 is 1. The van der Waals surface area contributed by atoms with E-state index in [-0.39, 0.29) is 40.9 Å². The molecule has 32 heavy (non-hydrogen) atoms. The monoisotopic (exact) mass is 482 g/mol. The Hall–Kier alpha value is -2.16. The van der Waals surface area contributed by atoms with Crippen LogP contribution in [-0.2, 0) is 14.8 Å². The van der Waals surface area contributed by atoms with Crippen LogP contribution in [0.15, 0.2) is 47.4 Å². The molecular formula is C23H28ClFN2O4S. The number of piperidine rings is 1. The molecule has 0 aromatic heterocycles. The van der Waals surface area contributed by atoms with Gasteiger partial charge in [0.15, 0.2) is 0 Å². The Bertz CT molecular complexity index is 1070. The number of carbonyl (C=O) groups excluding carboxylic acids is 1. The fourth-order valence-electron chi connectivity index (χ4n) is 4.07. The normalized spacial score (nSPS) is 16.5. The van der Waals surface area contributed by atoms with Crippen LogP contribution in [0.3, 0.4) is 0 Å². The van der Waals surface area contributed by atoms with E-state index in [4.69, 9.17) is 16.3 Å². The first-order chi connectivity index (χ1) is 15.2. The standard InChI is InChI=1S/C23H28ClFN2O4S/c1-4-27(16(2)18-6-5-7-19(14-18)31-3)23(28)17-10-12-26(13-11-17)32(29,30)20-8-9-22(25)21(24)15-20/h5-9,14-17H,4,10-13H2,1-3H3. The first-order valence-electron chi connectivity index (χ1n) is 10.6. The quantitative estimate of drug-likeness (QED) is 0.582. The third kappa shape index (κ3) is 5.08. The van der Waals surface area contributed by atoms with E-state index < -0.39 is 15.8 Å². The summed E-state index contributed by atoms with van der Waals surface area (Å²) in [4.78, 5) is 15.1. The third-order valence-corrected chi connectivity index (χ3v) is 8.18. The number of amides is 1. The number of rotatable bonds is 7. The van der Waals surface area contributed by atoms with Gasteiger partial charge in [0.2, 0.25) is 15.9 Å². The average molecular weight is 483 g/mol. The fourth-order valence-corrected chi connectivity index (χ4v) is 5.81. The van der Waals surface area contributed by atoms with Gasteiger partial charge in [0.25, 0.3) is 0 Å². The molecule has 2 aromatic carbocycles. The second-order valence-electron chi connectivity index (χ2n) is 7.83. The summed E-state index contributed by atoms with van der Waals surface area (Å²) in [6.45, 7) is 4.90. The molecule has 6 nitrogen and oxygen atoms in total. The second-order valence-corrected chi connectivity index (χ2v) is 10.2. The lowest BCUT2D eigenvalue weighted by Gasteiger charge is -2.36. The Kier molecular flexibility index (Phi) is 7.79. The minimum Gasteiger partial charge on any atom is -0.497 e. The third-order valence-electron chi connectivity index (χ3n) is 6.00. The highest BCUT2D eigenvalue weighted by Gasteiger charge is 2.35. The summed E-state index contributed by atoms with van der Waals surface area (Å²) in [5.41, 5.74) is 0.979. The number of hydrogen-bond acceptors (Lipinski definition) is 4. The molecule has 1 atom stereocenters. The van der Waals surface area contributed by atoms with Crippen LogP contribution in [-0.4, -0.2) is 50.3 Å². The van der Waals surface area contributed by atoms with Gasteiger partial charge < -0.3 is 9.64 Å². The minimum absolute atomic E-state index is 0.0182. The number of nitrogens with zero attached hydrogens (tertiary/aromatic N) is 2. The van der Waals surface area contributed by atoms with Gasteiger partial charge in [-0.05, 0) is 62.6 Å². The Morgan fingerprint density at radius 3 is 2.53 bits per heavy atom. The molecule has 1 amide bonds. The molecule has 174 valence electrons. The second kappa shape index (κ2) is 10.2. The Morgan fingerprint density at radius 1 is 1.25 bits per heavy atom. The van der Waals surface area contributed by atoms with Crippen molar-refractivity contribution in [1.29, 1.82) is 0 Å². The van der Waals surface area contributed by atoms with Crippen LogP contribution in [0.25, 0.3) is 0 Å². The molecule has 1 aliphatic heterocycles. The van der Waals surface area contributed by atoms with Crippen molar-refractivity contribution in [2.24, 2.45) is 5.92 Å². The van der Waals surface area contributed by atoms with Gasteiger partial charge in [-0.2, -0.15) is 4.31 Å². The van der Waals surface area contributed by atoms with Crippen LogP contribution in [0.1, 0.15) is 38.3 Å². The molecule has 9 heteroatoms. The summed E-state index contributed by atoms with van der Waals surface area (Å²) in [6.07, 6.45) is 0.850. The van der Waals surface area contributed by atoms with Gasteiger partial charge in [-0.3, -0.25) is 4.79 Å². The maximum Gasteiger partial charge on any atom is 0.243 e. The SMILES string of the molecule is CCN(C(=O)C1CCN(S(=O)(=O)c2ccc(F)c(Cl)c2)CC1)C(C)c1cccc(OC)c1. The van der Waals surface area contributed by atoms with Crippen LogP contribution >= 0.6 is 11.6 Å². The van der Waals surface area contributed by atoms with Crippen molar-refractivity contribution < 1.29 is 22.3 Å². The molecule has 0 radical (unpaired) electrons. The molecule has 1 heterocycles. The van der Waals surface area contributed by atoms with E-state index in [1.54, 1.807) is 7.11 Å². The molecule has 0 spiro atoms. The first-order valence-corrected chi connectivity index (χ1v) is 12.4. The highest BCUT2D eigenvalue weighted by Crippen LogP contribution is 2.30. The number of ether oxygens (including phenoxy) is 1. The van der Waals surface area contributed by atoms with Gasteiger partial charge in [-0.25, -0.2) is 12.8 Å². The summed E-state index contributed by atoms with van der Waals surface area (Å²) in [6, 6.07) is 10.9. The van der Waals surface area contributed by atoms with Gasteiger partial charge in [-0.15, -0.1) is 0 Å². The van der Waals surface area contributed by atoms with E-state index in [9.17, 15) is 17.6 Å². The Balaban J connectivity index is 1.69.